The Balaban J connectivity index is 1.59. The zero-order chi connectivity index (χ0) is 16.5. The van der Waals surface area contributed by atoms with Crippen molar-refractivity contribution in [3.8, 4) is 0 Å². The SMILES string of the molecule is C[NH+]1CC[NH+](C[C@@H](O)Cn2c3ccccc3c3ccccc32)CC1. The van der Waals surface area contributed by atoms with Gasteiger partial charge in [0.05, 0.1) is 13.6 Å². The van der Waals surface area contributed by atoms with E-state index >= 15 is 0 Å². The molecule has 1 aromatic heterocycles. The molecule has 0 bridgehead atoms. The molecule has 1 saturated heterocycles. The summed E-state index contributed by atoms with van der Waals surface area (Å²) < 4.78 is 2.29. The number of aliphatic hydroxyl groups excluding tert-OH is 1. The Morgan fingerprint density at radius 3 is 2.04 bits per heavy atom. The van der Waals surface area contributed by atoms with E-state index < -0.39 is 0 Å². The fourth-order valence-corrected chi connectivity index (χ4v) is 4.04. The first kappa shape index (κ1) is 15.6. The number of benzene rings is 2. The molecule has 0 amide bonds. The van der Waals surface area contributed by atoms with Crippen LogP contribution in [0.15, 0.2) is 48.5 Å². The molecule has 1 atom stereocenters. The standard InChI is InChI=1S/C20H25N3O/c1-21-10-12-22(13-11-21)14-16(24)15-23-19-8-4-2-6-17(19)18-7-3-5-9-20(18)23/h2-9,16,24H,10-15H2,1H3/p+2/t16-/m1/s1. The third-order valence-electron chi connectivity index (χ3n) is 5.41. The zero-order valence-corrected chi connectivity index (χ0v) is 14.3. The van der Waals surface area contributed by atoms with Crippen LogP contribution in [0.3, 0.4) is 0 Å². The summed E-state index contributed by atoms with van der Waals surface area (Å²) in [5.74, 6) is 0. The normalized spacial score (nSPS) is 22.9. The van der Waals surface area contributed by atoms with Crippen LogP contribution in [0.2, 0.25) is 0 Å². The predicted molar refractivity (Wildman–Crippen MR) is 97.6 cm³/mol. The molecule has 0 unspecified atom stereocenters. The summed E-state index contributed by atoms with van der Waals surface area (Å²) in [5, 5.41) is 13.3. The van der Waals surface area contributed by atoms with Gasteiger partial charge in [0.25, 0.3) is 0 Å². The van der Waals surface area contributed by atoms with E-state index in [1.54, 1.807) is 4.90 Å². The minimum absolute atomic E-state index is 0.308. The van der Waals surface area contributed by atoms with E-state index in [0.29, 0.717) is 6.54 Å². The fourth-order valence-electron chi connectivity index (χ4n) is 4.04. The topological polar surface area (TPSA) is 34.0 Å². The van der Waals surface area contributed by atoms with Gasteiger partial charge in [0.1, 0.15) is 38.8 Å². The third-order valence-corrected chi connectivity index (χ3v) is 5.41. The van der Waals surface area contributed by atoms with Crippen molar-refractivity contribution >= 4 is 21.8 Å². The molecule has 4 rings (SSSR count). The molecule has 0 saturated carbocycles. The number of nitrogens with one attached hydrogen (secondary N) is 2. The van der Waals surface area contributed by atoms with E-state index in [0.717, 1.165) is 19.6 Å². The van der Waals surface area contributed by atoms with E-state index in [2.05, 4.69) is 60.1 Å². The van der Waals surface area contributed by atoms with E-state index in [4.69, 9.17) is 0 Å². The lowest BCUT2D eigenvalue weighted by Gasteiger charge is -2.28. The number of para-hydroxylation sites is 2. The van der Waals surface area contributed by atoms with Crippen LogP contribution in [0.4, 0.5) is 0 Å². The average molecular weight is 325 g/mol. The Morgan fingerprint density at radius 2 is 1.46 bits per heavy atom. The maximum Gasteiger partial charge on any atom is 0.127 e. The Hall–Kier alpha value is -1.88. The summed E-state index contributed by atoms with van der Waals surface area (Å²) in [6.07, 6.45) is -0.308. The molecule has 1 fully saturated rings. The Morgan fingerprint density at radius 1 is 0.917 bits per heavy atom. The van der Waals surface area contributed by atoms with Crippen LogP contribution in [0.1, 0.15) is 0 Å². The number of rotatable bonds is 4. The van der Waals surface area contributed by atoms with Gasteiger partial charge in [0.15, 0.2) is 0 Å². The molecule has 2 heterocycles. The molecule has 0 spiro atoms. The molecule has 3 aromatic rings. The van der Waals surface area contributed by atoms with Crippen molar-refractivity contribution in [3.05, 3.63) is 48.5 Å². The molecule has 2 aromatic carbocycles. The lowest BCUT2D eigenvalue weighted by Crippen LogP contribution is -3.27. The monoisotopic (exact) mass is 325 g/mol. The first-order valence-electron chi connectivity index (χ1n) is 9.01. The highest BCUT2D eigenvalue weighted by molar-refractivity contribution is 6.07. The van der Waals surface area contributed by atoms with Crippen molar-refractivity contribution < 1.29 is 14.9 Å². The second kappa shape index (κ2) is 6.55. The summed E-state index contributed by atoms with van der Waals surface area (Å²) >= 11 is 0. The Labute approximate surface area is 142 Å². The predicted octanol–water partition coefficient (Wildman–Crippen LogP) is -0.431. The van der Waals surface area contributed by atoms with E-state index in [1.807, 2.05) is 0 Å². The number of aliphatic hydroxyl groups is 1. The summed E-state index contributed by atoms with van der Waals surface area (Å²) in [5.41, 5.74) is 2.44. The Kier molecular flexibility index (Phi) is 4.27. The van der Waals surface area contributed by atoms with Crippen molar-refractivity contribution in [2.75, 3.05) is 39.8 Å². The van der Waals surface area contributed by atoms with Gasteiger partial charge in [0, 0.05) is 21.8 Å². The molecule has 4 nitrogen and oxygen atoms in total. The number of aromatic nitrogens is 1. The number of fused-ring (bicyclic) bond motifs is 3. The van der Waals surface area contributed by atoms with E-state index in [9.17, 15) is 5.11 Å². The van der Waals surface area contributed by atoms with Crippen LogP contribution in [0, 0.1) is 0 Å². The van der Waals surface area contributed by atoms with Gasteiger partial charge in [-0.2, -0.15) is 0 Å². The maximum atomic E-state index is 10.7. The first-order valence-corrected chi connectivity index (χ1v) is 9.01. The molecule has 126 valence electrons. The van der Waals surface area contributed by atoms with E-state index in [-0.39, 0.29) is 6.10 Å². The van der Waals surface area contributed by atoms with Crippen LogP contribution in [-0.2, 0) is 6.54 Å². The summed E-state index contributed by atoms with van der Waals surface area (Å²) in [6.45, 7) is 6.25. The number of likely N-dealkylation sites (N-methyl/N-ethyl adjacent to an activating group) is 1. The molecule has 1 aliphatic heterocycles. The van der Waals surface area contributed by atoms with Gasteiger partial charge in [-0.15, -0.1) is 0 Å². The van der Waals surface area contributed by atoms with Crippen molar-refractivity contribution in [2.24, 2.45) is 0 Å². The molecule has 1 aliphatic rings. The van der Waals surface area contributed by atoms with Crippen molar-refractivity contribution in [1.29, 1.82) is 0 Å². The molecule has 0 aliphatic carbocycles. The number of quaternary nitrogens is 2. The summed E-state index contributed by atoms with van der Waals surface area (Å²) in [7, 11) is 2.26. The van der Waals surface area contributed by atoms with Gasteiger partial charge in [-0.25, -0.2) is 0 Å². The number of hydrogen-bond donors (Lipinski definition) is 3. The molecular weight excluding hydrogens is 298 g/mol. The van der Waals surface area contributed by atoms with Gasteiger partial charge in [-0.1, -0.05) is 36.4 Å². The largest absolute Gasteiger partial charge is 0.385 e. The van der Waals surface area contributed by atoms with Crippen molar-refractivity contribution in [1.82, 2.24) is 4.57 Å². The van der Waals surface area contributed by atoms with Gasteiger partial charge >= 0.3 is 0 Å². The second-order valence-corrected chi connectivity index (χ2v) is 7.21. The highest BCUT2D eigenvalue weighted by Crippen LogP contribution is 2.28. The Bertz CT molecular complexity index is 780. The molecule has 24 heavy (non-hydrogen) atoms. The quantitative estimate of drug-likeness (QED) is 0.598. The number of nitrogens with zero attached hydrogens (tertiary/aromatic N) is 1. The second-order valence-electron chi connectivity index (χ2n) is 7.21. The van der Waals surface area contributed by atoms with Crippen LogP contribution in [-0.4, -0.2) is 55.5 Å². The van der Waals surface area contributed by atoms with Gasteiger partial charge in [-0.3, -0.25) is 0 Å². The third kappa shape index (κ3) is 2.93. The number of piperazine rings is 1. The first-order chi connectivity index (χ1) is 11.7. The average Bonchev–Trinajstić information content (AvgIpc) is 2.92. The summed E-state index contributed by atoms with van der Waals surface area (Å²) in [6, 6.07) is 17.0. The van der Waals surface area contributed by atoms with Gasteiger partial charge in [0.2, 0.25) is 0 Å². The smallest absolute Gasteiger partial charge is 0.127 e. The zero-order valence-electron chi connectivity index (χ0n) is 14.3. The molecular formula is C20H27N3O+2. The van der Waals surface area contributed by atoms with Crippen LogP contribution >= 0.6 is 0 Å². The minimum atomic E-state index is -0.308. The fraction of sp³-hybridized carbons (Fsp3) is 0.400. The molecule has 3 N–H and O–H groups in total. The van der Waals surface area contributed by atoms with Crippen LogP contribution < -0.4 is 9.80 Å². The van der Waals surface area contributed by atoms with Crippen LogP contribution in [0.25, 0.3) is 21.8 Å². The lowest BCUT2D eigenvalue weighted by atomic mass is 10.2. The van der Waals surface area contributed by atoms with Crippen LogP contribution in [0.5, 0.6) is 0 Å². The van der Waals surface area contributed by atoms with E-state index in [1.165, 1.54) is 39.8 Å². The van der Waals surface area contributed by atoms with Crippen molar-refractivity contribution in [2.45, 2.75) is 12.6 Å². The molecule has 0 radical (unpaired) electrons. The minimum Gasteiger partial charge on any atom is -0.385 e. The van der Waals surface area contributed by atoms with Gasteiger partial charge in [-0.05, 0) is 12.1 Å². The maximum absolute atomic E-state index is 10.7. The molecule has 4 heteroatoms. The highest BCUT2D eigenvalue weighted by Gasteiger charge is 2.23. The highest BCUT2D eigenvalue weighted by atomic mass is 16.3. The lowest BCUT2D eigenvalue weighted by molar-refractivity contribution is -1.00. The number of hydrogen-bond acceptors (Lipinski definition) is 1. The van der Waals surface area contributed by atoms with Gasteiger partial charge < -0.3 is 19.5 Å². The van der Waals surface area contributed by atoms with Crippen molar-refractivity contribution in [3.63, 3.8) is 0 Å². The summed E-state index contributed by atoms with van der Waals surface area (Å²) in [4.78, 5) is 3.14.